The summed E-state index contributed by atoms with van der Waals surface area (Å²) in [6, 6.07) is 4.02. The van der Waals surface area contributed by atoms with Crippen LogP contribution in [0.15, 0.2) is 23.1 Å². The van der Waals surface area contributed by atoms with Gasteiger partial charge >= 0.3 is 5.97 Å². The van der Waals surface area contributed by atoms with E-state index >= 15 is 0 Å². The molecule has 0 atom stereocenters. The van der Waals surface area contributed by atoms with E-state index in [0.29, 0.717) is 12.5 Å². The van der Waals surface area contributed by atoms with Crippen LogP contribution in [0.3, 0.4) is 0 Å². The molecule has 0 spiro atoms. The molecule has 0 aliphatic heterocycles. The number of carbonyl (C=O) groups is 1. The van der Waals surface area contributed by atoms with Crippen LogP contribution in [-0.4, -0.2) is 31.4 Å². The maximum Gasteiger partial charge on any atom is 0.339 e. The van der Waals surface area contributed by atoms with E-state index in [0.717, 1.165) is 12.8 Å². The molecule has 0 unspecified atom stereocenters. The molecule has 0 aromatic heterocycles. The number of sulfone groups is 1. The summed E-state index contributed by atoms with van der Waals surface area (Å²) >= 11 is 0. The summed E-state index contributed by atoms with van der Waals surface area (Å²) in [7, 11) is -3.49. The Morgan fingerprint density at radius 1 is 1.40 bits per heavy atom. The van der Waals surface area contributed by atoms with E-state index in [2.05, 4.69) is 0 Å². The highest BCUT2D eigenvalue weighted by Crippen LogP contribution is 2.31. The van der Waals surface area contributed by atoms with Crippen LogP contribution in [0.4, 0.5) is 0 Å². The molecule has 1 aliphatic carbocycles. The van der Waals surface area contributed by atoms with Crippen molar-refractivity contribution in [2.75, 3.05) is 6.61 Å². The van der Waals surface area contributed by atoms with Gasteiger partial charge in [0, 0.05) is 0 Å². The topological polar surface area (TPSA) is 80.7 Å². The zero-order chi connectivity index (χ0) is 14.9. The standard InChI is InChI=1S/C14H18O5S/c1-9(2)20(17,18)11-5-6-13(12(7-11)14(15)16)19-8-10-3-4-10/h5-7,9-10H,3-4,8H2,1-2H3,(H,15,16). The van der Waals surface area contributed by atoms with Crippen LogP contribution in [0.25, 0.3) is 0 Å². The Morgan fingerprint density at radius 3 is 2.55 bits per heavy atom. The molecular formula is C14H18O5S. The van der Waals surface area contributed by atoms with Crippen molar-refractivity contribution in [3.05, 3.63) is 23.8 Å². The molecule has 5 nitrogen and oxygen atoms in total. The molecular weight excluding hydrogens is 280 g/mol. The van der Waals surface area contributed by atoms with Crippen molar-refractivity contribution in [3.63, 3.8) is 0 Å². The van der Waals surface area contributed by atoms with Crippen molar-refractivity contribution in [1.29, 1.82) is 0 Å². The fourth-order valence-corrected chi connectivity index (χ4v) is 2.83. The molecule has 6 heteroatoms. The summed E-state index contributed by atoms with van der Waals surface area (Å²) in [4.78, 5) is 11.3. The first-order valence-corrected chi connectivity index (χ1v) is 8.11. The molecule has 1 aromatic rings. The smallest absolute Gasteiger partial charge is 0.339 e. The quantitative estimate of drug-likeness (QED) is 0.872. The van der Waals surface area contributed by atoms with Gasteiger partial charge < -0.3 is 9.84 Å². The second-order valence-electron chi connectivity index (χ2n) is 5.31. The largest absolute Gasteiger partial charge is 0.492 e. The third-order valence-corrected chi connectivity index (χ3v) is 5.45. The van der Waals surface area contributed by atoms with Crippen LogP contribution >= 0.6 is 0 Å². The first-order valence-electron chi connectivity index (χ1n) is 6.56. The predicted octanol–water partition coefficient (Wildman–Crippen LogP) is 2.36. The Kier molecular flexibility index (Phi) is 4.04. The average Bonchev–Trinajstić information content (AvgIpc) is 3.19. The van der Waals surface area contributed by atoms with Gasteiger partial charge in [-0.1, -0.05) is 0 Å². The van der Waals surface area contributed by atoms with Gasteiger partial charge in [-0.05, 0) is 50.8 Å². The van der Waals surface area contributed by atoms with Crippen LogP contribution in [-0.2, 0) is 9.84 Å². The van der Waals surface area contributed by atoms with Gasteiger partial charge in [-0.3, -0.25) is 0 Å². The first-order chi connectivity index (χ1) is 9.32. The van der Waals surface area contributed by atoms with Crippen molar-refractivity contribution in [1.82, 2.24) is 0 Å². The lowest BCUT2D eigenvalue weighted by Gasteiger charge is -2.12. The minimum absolute atomic E-state index is 0.0173. The van der Waals surface area contributed by atoms with Gasteiger partial charge in [0.25, 0.3) is 0 Å². The maximum absolute atomic E-state index is 12.1. The zero-order valence-corrected chi connectivity index (χ0v) is 12.3. The Bertz CT molecular complexity index is 614. The van der Waals surface area contributed by atoms with E-state index in [1.54, 1.807) is 13.8 Å². The van der Waals surface area contributed by atoms with E-state index in [4.69, 9.17) is 4.74 Å². The van der Waals surface area contributed by atoms with Crippen LogP contribution in [0.1, 0.15) is 37.0 Å². The number of hydrogen-bond donors (Lipinski definition) is 1. The molecule has 1 saturated carbocycles. The van der Waals surface area contributed by atoms with E-state index < -0.39 is 21.1 Å². The van der Waals surface area contributed by atoms with Crippen molar-refractivity contribution >= 4 is 15.8 Å². The Labute approximate surface area is 118 Å². The second kappa shape index (κ2) is 5.44. The highest BCUT2D eigenvalue weighted by atomic mass is 32.2. The van der Waals surface area contributed by atoms with Gasteiger partial charge in [0.2, 0.25) is 0 Å². The number of ether oxygens (including phenoxy) is 1. The van der Waals surface area contributed by atoms with Crippen LogP contribution < -0.4 is 4.74 Å². The molecule has 2 rings (SSSR count). The van der Waals surface area contributed by atoms with Crippen molar-refractivity contribution in [3.8, 4) is 5.75 Å². The van der Waals surface area contributed by atoms with Crippen LogP contribution in [0.2, 0.25) is 0 Å². The zero-order valence-electron chi connectivity index (χ0n) is 11.5. The number of benzene rings is 1. The molecule has 1 fully saturated rings. The highest BCUT2D eigenvalue weighted by molar-refractivity contribution is 7.92. The highest BCUT2D eigenvalue weighted by Gasteiger charge is 2.25. The van der Waals surface area contributed by atoms with Crippen molar-refractivity contribution in [2.45, 2.75) is 36.8 Å². The van der Waals surface area contributed by atoms with Gasteiger partial charge in [-0.15, -0.1) is 0 Å². The van der Waals surface area contributed by atoms with E-state index in [-0.39, 0.29) is 16.2 Å². The summed E-state index contributed by atoms with van der Waals surface area (Å²) in [6.07, 6.45) is 2.20. The van der Waals surface area contributed by atoms with Crippen LogP contribution in [0, 0.1) is 5.92 Å². The molecule has 20 heavy (non-hydrogen) atoms. The summed E-state index contributed by atoms with van der Waals surface area (Å²) in [6.45, 7) is 3.61. The third-order valence-electron chi connectivity index (χ3n) is 3.30. The van der Waals surface area contributed by atoms with E-state index in [9.17, 15) is 18.3 Å². The fourth-order valence-electron chi connectivity index (χ4n) is 1.74. The number of hydrogen-bond acceptors (Lipinski definition) is 4. The predicted molar refractivity (Wildman–Crippen MR) is 73.9 cm³/mol. The Hall–Kier alpha value is -1.56. The molecule has 1 aromatic carbocycles. The van der Waals surface area contributed by atoms with Gasteiger partial charge in [0.05, 0.1) is 16.8 Å². The van der Waals surface area contributed by atoms with Gasteiger partial charge in [0.1, 0.15) is 11.3 Å². The van der Waals surface area contributed by atoms with Crippen LogP contribution in [0.5, 0.6) is 5.75 Å². The monoisotopic (exact) mass is 298 g/mol. The molecule has 0 amide bonds. The molecule has 0 saturated heterocycles. The molecule has 1 N–H and O–H groups in total. The number of rotatable bonds is 6. The van der Waals surface area contributed by atoms with Gasteiger partial charge in [-0.2, -0.15) is 0 Å². The third kappa shape index (κ3) is 3.12. The average molecular weight is 298 g/mol. The lowest BCUT2D eigenvalue weighted by atomic mass is 10.2. The first kappa shape index (κ1) is 14.8. The normalized spacial score (nSPS) is 15.3. The molecule has 110 valence electrons. The molecule has 1 aliphatic rings. The van der Waals surface area contributed by atoms with Gasteiger partial charge in [0.15, 0.2) is 9.84 Å². The maximum atomic E-state index is 12.1. The minimum Gasteiger partial charge on any atom is -0.492 e. The molecule has 0 radical (unpaired) electrons. The number of carboxylic acids is 1. The minimum atomic E-state index is -3.49. The van der Waals surface area contributed by atoms with Gasteiger partial charge in [-0.25, -0.2) is 13.2 Å². The number of aromatic carboxylic acids is 1. The Balaban J connectivity index is 2.33. The summed E-state index contributed by atoms with van der Waals surface area (Å²) in [5, 5.41) is 8.61. The Morgan fingerprint density at radius 2 is 2.05 bits per heavy atom. The lowest BCUT2D eigenvalue weighted by molar-refractivity contribution is 0.0691. The summed E-state index contributed by atoms with van der Waals surface area (Å²) < 4.78 is 29.6. The summed E-state index contributed by atoms with van der Waals surface area (Å²) in [5.41, 5.74) is -0.104. The second-order valence-corrected chi connectivity index (χ2v) is 7.82. The lowest BCUT2D eigenvalue weighted by Crippen LogP contribution is -2.15. The summed E-state index contributed by atoms with van der Waals surface area (Å²) in [5.74, 6) is -0.459. The van der Waals surface area contributed by atoms with E-state index in [1.807, 2.05) is 0 Å². The molecule has 0 heterocycles. The van der Waals surface area contributed by atoms with Crippen molar-refractivity contribution < 1.29 is 23.1 Å². The molecule has 0 bridgehead atoms. The fraction of sp³-hybridized carbons (Fsp3) is 0.500. The SMILES string of the molecule is CC(C)S(=O)(=O)c1ccc(OCC2CC2)c(C(=O)O)c1. The van der Waals surface area contributed by atoms with Crippen molar-refractivity contribution in [2.24, 2.45) is 5.92 Å². The number of carboxylic acid groups (broad SMARTS) is 1. The van der Waals surface area contributed by atoms with E-state index in [1.165, 1.54) is 18.2 Å².